The van der Waals surface area contributed by atoms with Crippen LogP contribution in [0.5, 0.6) is 0 Å². The molecule has 1 aromatic rings. The maximum Gasteiger partial charge on any atom is 0.193 e. The minimum atomic E-state index is -3.05. The molecule has 0 radical (unpaired) electrons. The Morgan fingerprint density at radius 2 is 1.93 bits per heavy atom. The maximum atomic E-state index is 12.3. The van der Waals surface area contributed by atoms with E-state index in [4.69, 9.17) is 0 Å². The highest BCUT2D eigenvalue weighted by atomic mass is 127. The Balaban J connectivity index is 0.00000280. The molecule has 7 heteroatoms. The summed E-state index contributed by atoms with van der Waals surface area (Å²) in [6.45, 7) is 7.59. The normalized spacial score (nSPS) is 23.1. The molecule has 1 saturated heterocycles. The Labute approximate surface area is 187 Å². The van der Waals surface area contributed by atoms with Crippen LogP contribution in [0.3, 0.4) is 0 Å². The summed E-state index contributed by atoms with van der Waals surface area (Å²) in [5.74, 6) is 1.00. The van der Waals surface area contributed by atoms with Gasteiger partial charge in [-0.25, -0.2) is 8.42 Å². The zero-order valence-corrected chi connectivity index (χ0v) is 20.6. The fraction of sp³-hybridized carbons (Fsp3) is 0.667. The molecule has 0 unspecified atom stereocenters. The van der Waals surface area contributed by atoms with Gasteiger partial charge in [-0.05, 0) is 39.2 Å². The van der Waals surface area contributed by atoms with Gasteiger partial charge in [0.05, 0.1) is 10.5 Å². The highest BCUT2D eigenvalue weighted by Gasteiger charge is 2.42. The van der Waals surface area contributed by atoms with Crippen LogP contribution >= 0.6 is 24.0 Å². The van der Waals surface area contributed by atoms with Crippen LogP contribution in [0.25, 0.3) is 0 Å². The summed E-state index contributed by atoms with van der Waals surface area (Å²) in [7, 11) is -1.27. The van der Waals surface area contributed by atoms with Gasteiger partial charge in [0.25, 0.3) is 0 Å². The molecule has 1 aliphatic heterocycles. The van der Waals surface area contributed by atoms with Gasteiger partial charge < -0.3 is 10.2 Å². The molecule has 28 heavy (non-hydrogen) atoms. The summed E-state index contributed by atoms with van der Waals surface area (Å²) in [6, 6.07) is 8.86. The number of aryl methyl sites for hydroxylation is 1. The molecule has 1 aliphatic carbocycles. The van der Waals surface area contributed by atoms with Gasteiger partial charge in [-0.3, -0.25) is 4.99 Å². The minimum Gasteiger partial charge on any atom is -0.355 e. The van der Waals surface area contributed by atoms with Crippen molar-refractivity contribution in [3.8, 4) is 0 Å². The van der Waals surface area contributed by atoms with E-state index < -0.39 is 14.6 Å². The van der Waals surface area contributed by atoms with Gasteiger partial charge in [-0.15, -0.1) is 24.0 Å². The topological polar surface area (TPSA) is 61.8 Å². The molecule has 2 aliphatic rings. The van der Waals surface area contributed by atoms with E-state index in [9.17, 15) is 8.42 Å². The van der Waals surface area contributed by atoms with Crippen LogP contribution in [-0.2, 0) is 15.3 Å². The number of halogens is 1. The van der Waals surface area contributed by atoms with Gasteiger partial charge in [0.15, 0.2) is 15.8 Å². The molecular formula is C21H34IN3O2S. The monoisotopic (exact) mass is 519 g/mol. The van der Waals surface area contributed by atoms with Gasteiger partial charge in [0.1, 0.15) is 0 Å². The lowest BCUT2D eigenvalue weighted by molar-refractivity contribution is 0.344. The molecule has 158 valence electrons. The van der Waals surface area contributed by atoms with Crippen molar-refractivity contribution in [1.29, 1.82) is 0 Å². The first kappa shape index (κ1) is 23.4. The average molecular weight is 519 g/mol. The Morgan fingerprint density at radius 1 is 1.25 bits per heavy atom. The van der Waals surface area contributed by atoms with Gasteiger partial charge in [-0.1, -0.05) is 42.7 Å². The lowest BCUT2D eigenvalue weighted by atomic mass is 9.78. The number of hydrogen-bond acceptors (Lipinski definition) is 3. The lowest BCUT2D eigenvalue weighted by Gasteiger charge is -2.40. The first-order chi connectivity index (χ1) is 12.7. The van der Waals surface area contributed by atoms with Crippen molar-refractivity contribution in [2.24, 2.45) is 4.99 Å². The standard InChI is InChI=1S/C21H33N3O2S.HI/c1-17-8-7-9-18(14-17)21(10-5-6-11-21)15-23-19(22-4)24-12-13-27(25,26)20(2,3)16-24;/h7-9,14H,5-6,10-13,15-16H2,1-4H3,(H,22,23);1H. The first-order valence-corrected chi connectivity index (χ1v) is 11.6. The van der Waals surface area contributed by atoms with Crippen LogP contribution in [0.2, 0.25) is 0 Å². The van der Waals surface area contributed by atoms with Gasteiger partial charge in [0, 0.05) is 32.1 Å². The summed E-state index contributed by atoms with van der Waals surface area (Å²) >= 11 is 0. The lowest BCUT2D eigenvalue weighted by Crippen LogP contribution is -2.58. The van der Waals surface area contributed by atoms with Crippen LogP contribution in [0.15, 0.2) is 29.3 Å². The van der Waals surface area contributed by atoms with Crippen LogP contribution in [0, 0.1) is 6.92 Å². The molecule has 0 spiro atoms. The van der Waals surface area contributed by atoms with Crippen molar-refractivity contribution >= 4 is 39.8 Å². The van der Waals surface area contributed by atoms with Crippen molar-refractivity contribution in [3.63, 3.8) is 0 Å². The third-order valence-electron chi connectivity index (χ3n) is 6.33. The van der Waals surface area contributed by atoms with Crippen LogP contribution in [0.1, 0.15) is 50.7 Å². The number of rotatable bonds is 3. The van der Waals surface area contributed by atoms with Gasteiger partial charge >= 0.3 is 0 Å². The van der Waals surface area contributed by atoms with E-state index in [0.717, 1.165) is 12.5 Å². The highest BCUT2D eigenvalue weighted by molar-refractivity contribution is 14.0. The second-order valence-corrected chi connectivity index (χ2v) is 11.5. The number of nitrogens with one attached hydrogen (secondary N) is 1. The number of nitrogens with zero attached hydrogens (tertiary/aromatic N) is 2. The Bertz CT molecular complexity index is 815. The minimum absolute atomic E-state index is 0. The van der Waals surface area contributed by atoms with Crippen molar-refractivity contribution in [2.45, 2.75) is 56.6 Å². The van der Waals surface area contributed by atoms with E-state index in [0.29, 0.717) is 13.1 Å². The Hall–Kier alpha value is -0.830. The maximum absolute atomic E-state index is 12.3. The number of sulfone groups is 1. The summed E-state index contributed by atoms with van der Waals surface area (Å²) in [5.41, 5.74) is 2.84. The largest absolute Gasteiger partial charge is 0.355 e. The summed E-state index contributed by atoms with van der Waals surface area (Å²) in [5, 5.41) is 3.59. The molecule has 2 fully saturated rings. The van der Waals surface area contributed by atoms with E-state index in [2.05, 4.69) is 46.4 Å². The molecule has 1 heterocycles. The molecule has 5 nitrogen and oxygen atoms in total. The third-order valence-corrected chi connectivity index (χ3v) is 8.86. The van der Waals surface area contributed by atoms with Crippen molar-refractivity contribution in [3.05, 3.63) is 35.4 Å². The fourth-order valence-corrected chi connectivity index (χ4v) is 5.87. The first-order valence-electron chi connectivity index (χ1n) is 9.94. The Kier molecular flexibility index (Phi) is 7.45. The molecule has 1 aromatic carbocycles. The zero-order valence-electron chi connectivity index (χ0n) is 17.5. The van der Waals surface area contributed by atoms with E-state index in [1.54, 1.807) is 7.05 Å². The zero-order chi connectivity index (χ0) is 19.7. The number of benzene rings is 1. The molecule has 1 saturated carbocycles. The summed E-state index contributed by atoms with van der Waals surface area (Å²) < 4.78 is 23.9. The van der Waals surface area contributed by atoms with Crippen molar-refractivity contribution in [1.82, 2.24) is 10.2 Å². The van der Waals surface area contributed by atoms with Crippen molar-refractivity contribution in [2.75, 3.05) is 32.4 Å². The van der Waals surface area contributed by atoms with Crippen molar-refractivity contribution < 1.29 is 8.42 Å². The third kappa shape index (κ3) is 4.66. The van der Waals surface area contributed by atoms with Crippen LogP contribution in [-0.4, -0.2) is 56.5 Å². The quantitative estimate of drug-likeness (QED) is 0.377. The van der Waals surface area contributed by atoms with Crippen LogP contribution < -0.4 is 5.32 Å². The second kappa shape index (κ2) is 8.90. The molecular weight excluding hydrogens is 485 g/mol. The molecule has 0 atom stereocenters. The highest BCUT2D eigenvalue weighted by Crippen LogP contribution is 2.41. The summed E-state index contributed by atoms with van der Waals surface area (Å²) in [4.78, 5) is 6.56. The van der Waals surface area contributed by atoms with Crippen LogP contribution in [0.4, 0.5) is 0 Å². The van der Waals surface area contributed by atoms with E-state index in [1.807, 2.05) is 13.8 Å². The molecule has 0 bridgehead atoms. The smallest absolute Gasteiger partial charge is 0.193 e. The van der Waals surface area contributed by atoms with E-state index in [-0.39, 0.29) is 35.1 Å². The molecule has 0 aromatic heterocycles. The van der Waals surface area contributed by atoms with E-state index >= 15 is 0 Å². The Morgan fingerprint density at radius 3 is 2.50 bits per heavy atom. The number of aliphatic imine (C=N–C) groups is 1. The SMILES string of the molecule is CN=C(NCC1(c2cccc(C)c2)CCCC1)N1CCS(=O)(=O)C(C)(C)C1.I. The van der Waals surface area contributed by atoms with Gasteiger partial charge in [-0.2, -0.15) is 0 Å². The predicted molar refractivity (Wildman–Crippen MR) is 128 cm³/mol. The number of hydrogen-bond donors (Lipinski definition) is 1. The fourth-order valence-electron chi connectivity index (χ4n) is 4.50. The number of guanidine groups is 1. The average Bonchev–Trinajstić information content (AvgIpc) is 3.09. The van der Waals surface area contributed by atoms with Gasteiger partial charge in [0.2, 0.25) is 0 Å². The van der Waals surface area contributed by atoms with E-state index in [1.165, 1.54) is 36.8 Å². The second-order valence-electron chi connectivity index (χ2n) is 8.76. The summed E-state index contributed by atoms with van der Waals surface area (Å²) in [6.07, 6.45) is 4.87. The molecule has 1 N–H and O–H groups in total. The molecule has 3 rings (SSSR count). The predicted octanol–water partition coefficient (Wildman–Crippen LogP) is 3.51. The molecule has 0 amide bonds.